The van der Waals surface area contributed by atoms with Crippen molar-refractivity contribution in [2.45, 2.75) is 5.60 Å². The van der Waals surface area contributed by atoms with Crippen LogP contribution in [0.25, 0.3) is 10.4 Å². The molecule has 0 saturated carbocycles. The Bertz CT molecular complexity index is 742. The highest BCUT2D eigenvalue weighted by molar-refractivity contribution is 6.20. The average molecular weight is 310 g/mol. The summed E-state index contributed by atoms with van der Waals surface area (Å²) in [6, 6.07) is 16.2. The molecule has 2 rings (SSSR count). The van der Waals surface area contributed by atoms with Gasteiger partial charge in [0.25, 0.3) is 5.91 Å². The van der Waals surface area contributed by atoms with Gasteiger partial charge in [-0.1, -0.05) is 53.6 Å². The summed E-state index contributed by atoms with van der Waals surface area (Å²) in [5.41, 5.74) is 6.53. The number of rotatable bonds is 6. The third-order valence-electron chi connectivity index (χ3n) is 3.18. The van der Waals surface area contributed by atoms with Gasteiger partial charge in [-0.15, -0.1) is 0 Å². The molecule has 0 aliphatic heterocycles. The number of benzene rings is 2. The van der Waals surface area contributed by atoms with E-state index in [2.05, 4.69) is 15.3 Å². The van der Waals surface area contributed by atoms with Gasteiger partial charge in [0.15, 0.2) is 0 Å². The van der Waals surface area contributed by atoms with E-state index >= 15 is 0 Å². The quantitative estimate of drug-likeness (QED) is 0.281. The first-order chi connectivity index (χ1) is 11.1. The fraction of sp³-hybridized carbons (Fsp3) is 0.125. The van der Waals surface area contributed by atoms with Crippen molar-refractivity contribution in [2.24, 2.45) is 5.11 Å². The third-order valence-corrected chi connectivity index (χ3v) is 3.18. The monoisotopic (exact) mass is 310 g/mol. The van der Waals surface area contributed by atoms with E-state index in [0.29, 0.717) is 5.69 Å². The van der Waals surface area contributed by atoms with Crippen LogP contribution in [0, 0.1) is 0 Å². The van der Waals surface area contributed by atoms with Crippen molar-refractivity contribution < 1.29 is 14.7 Å². The normalized spacial score (nSPS) is 12.6. The number of nitrogens with zero attached hydrogens (tertiary/aromatic N) is 3. The first kappa shape index (κ1) is 16.2. The molecule has 0 saturated heterocycles. The molecular weight excluding hydrogens is 296 g/mol. The Labute approximate surface area is 132 Å². The number of amides is 1. The van der Waals surface area contributed by atoms with Crippen LogP contribution < -0.4 is 5.32 Å². The number of hydrogen-bond donors (Lipinski definition) is 2. The number of carbonyl (C=O) groups is 2. The second-order valence-electron chi connectivity index (χ2n) is 4.76. The molecule has 0 aromatic heterocycles. The molecule has 1 atom stereocenters. The molecule has 1 amide bonds. The smallest absolute Gasteiger partial charge is 0.264 e. The number of carbonyl (C=O) groups excluding carboxylic acids is 2. The van der Waals surface area contributed by atoms with Gasteiger partial charge in [-0.3, -0.25) is 9.59 Å². The molecule has 7 heteroatoms. The van der Waals surface area contributed by atoms with Gasteiger partial charge < -0.3 is 10.4 Å². The minimum Gasteiger partial charge on any atom is -0.373 e. The predicted molar refractivity (Wildman–Crippen MR) is 84.8 cm³/mol. The van der Waals surface area contributed by atoms with Crippen LogP contribution in [0.5, 0.6) is 0 Å². The van der Waals surface area contributed by atoms with Crippen LogP contribution in [-0.2, 0) is 4.79 Å². The third kappa shape index (κ3) is 3.74. The summed E-state index contributed by atoms with van der Waals surface area (Å²) >= 11 is 0. The average Bonchev–Trinajstić information content (AvgIpc) is 2.60. The highest BCUT2D eigenvalue weighted by Crippen LogP contribution is 2.18. The van der Waals surface area contributed by atoms with E-state index in [1.54, 1.807) is 48.5 Å². The van der Waals surface area contributed by atoms with Crippen LogP contribution in [0.15, 0.2) is 65.8 Å². The number of nitrogens with one attached hydrogen (secondary N) is 1. The molecule has 7 nitrogen and oxygen atoms in total. The largest absolute Gasteiger partial charge is 0.373 e. The summed E-state index contributed by atoms with van der Waals surface area (Å²) in [6.45, 7) is -0.699. The SMILES string of the molecule is [N-]=[N+]=NC[C@](O)(C(=O)Nc1ccccc1)C(=O)c1ccccc1. The lowest BCUT2D eigenvalue weighted by Crippen LogP contribution is -2.52. The molecule has 23 heavy (non-hydrogen) atoms. The number of azide groups is 1. The van der Waals surface area contributed by atoms with Crippen molar-refractivity contribution in [1.82, 2.24) is 0 Å². The number of anilines is 1. The number of ketones is 1. The van der Waals surface area contributed by atoms with Crippen LogP contribution in [0.2, 0.25) is 0 Å². The van der Waals surface area contributed by atoms with E-state index < -0.39 is 23.8 Å². The van der Waals surface area contributed by atoms with E-state index in [9.17, 15) is 14.7 Å². The Hall–Kier alpha value is -3.15. The molecule has 2 aromatic carbocycles. The van der Waals surface area contributed by atoms with Crippen LogP contribution in [0.3, 0.4) is 0 Å². The highest BCUT2D eigenvalue weighted by atomic mass is 16.3. The molecule has 0 radical (unpaired) electrons. The summed E-state index contributed by atoms with van der Waals surface area (Å²) in [6.07, 6.45) is 0. The Morgan fingerprint density at radius 2 is 1.65 bits per heavy atom. The molecule has 2 N–H and O–H groups in total. The van der Waals surface area contributed by atoms with Crippen LogP contribution in [0.4, 0.5) is 5.69 Å². The Balaban J connectivity index is 2.32. The van der Waals surface area contributed by atoms with Gasteiger partial charge in [-0.05, 0) is 17.7 Å². The predicted octanol–water partition coefficient (Wildman–Crippen LogP) is 2.55. The lowest BCUT2D eigenvalue weighted by atomic mass is 9.91. The zero-order valence-electron chi connectivity index (χ0n) is 12.1. The molecule has 0 aliphatic carbocycles. The van der Waals surface area contributed by atoms with Crippen molar-refractivity contribution in [3.63, 3.8) is 0 Å². The van der Waals surface area contributed by atoms with Crippen molar-refractivity contribution >= 4 is 17.4 Å². The zero-order chi connectivity index (χ0) is 16.7. The summed E-state index contributed by atoms with van der Waals surface area (Å²) in [5.74, 6) is -1.79. The number of para-hydroxylation sites is 1. The molecule has 0 bridgehead atoms. The van der Waals surface area contributed by atoms with Crippen LogP contribution in [0.1, 0.15) is 10.4 Å². The Morgan fingerprint density at radius 3 is 2.22 bits per heavy atom. The summed E-state index contributed by atoms with van der Waals surface area (Å²) in [4.78, 5) is 27.4. The molecule has 0 heterocycles. The maximum Gasteiger partial charge on any atom is 0.264 e. The molecule has 0 spiro atoms. The molecule has 0 aliphatic rings. The topological polar surface area (TPSA) is 115 Å². The van der Waals surface area contributed by atoms with Gasteiger partial charge in [0.1, 0.15) is 0 Å². The molecular formula is C16H14N4O3. The minimum atomic E-state index is -2.48. The molecule has 0 unspecified atom stereocenters. The van der Waals surface area contributed by atoms with Crippen molar-refractivity contribution in [2.75, 3.05) is 11.9 Å². The zero-order valence-corrected chi connectivity index (χ0v) is 12.1. The standard InChI is InChI=1S/C16H14N4O3/c17-20-18-11-16(23,14(21)12-7-3-1-4-8-12)15(22)19-13-9-5-2-6-10-13/h1-10,23H,11H2,(H,19,22)/t16-/m1/s1. The van der Waals surface area contributed by atoms with Gasteiger partial charge in [0.2, 0.25) is 11.4 Å². The van der Waals surface area contributed by atoms with E-state index in [4.69, 9.17) is 5.53 Å². The van der Waals surface area contributed by atoms with Gasteiger partial charge >= 0.3 is 0 Å². The maximum atomic E-state index is 12.5. The van der Waals surface area contributed by atoms with Gasteiger partial charge in [-0.2, -0.15) is 0 Å². The fourth-order valence-corrected chi connectivity index (χ4v) is 1.96. The van der Waals surface area contributed by atoms with E-state index in [-0.39, 0.29) is 5.56 Å². The first-order valence-electron chi connectivity index (χ1n) is 6.77. The summed E-state index contributed by atoms with van der Waals surface area (Å²) in [5, 5.41) is 16.2. The van der Waals surface area contributed by atoms with Gasteiger partial charge in [0.05, 0.1) is 6.54 Å². The fourth-order valence-electron chi connectivity index (χ4n) is 1.96. The molecule has 2 aromatic rings. The van der Waals surface area contributed by atoms with E-state index in [1.165, 1.54) is 12.1 Å². The van der Waals surface area contributed by atoms with Crippen molar-refractivity contribution in [3.8, 4) is 0 Å². The number of aliphatic hydroxyl groups is 1. The van der Waals surface area contributed by atoms with Gasteiger partial charge in [-0.25, -0.2) is 0 Å². The number of hydrogen-bond acceptors (Lipinski definition) is 4. The molecule has 116 valence electrons. The van der Waals surface area contributed by atoms with Crippen molar-refractivity contribution in [1.29, 1.82) is 0 Å². The summed E-state index contributed by atoms with van der Waals surface area (Å²) in [7, 11) is 0. The maximum absolute atomic E-state index is 12.5. The Kier molecular flexibility index (Phi) is 5.09. The highest BCUT2D eigenvalue weighted by Gasteiger charge is 2.43. The van der Waals surface area contributed by atoms with Crippen LogP contribution in [-0.4, -0.2) is 28.9 Å². The number of Topliss-reactive ketones (excluding diaryl/α,β-unsaturated/α-hetero) is 1. The van der Waals surface area contributed by atoms with Crippen LogP contribution >= 0.6 is 0 Å². The Morgan fingerprint density at radius 1 is 1.09 bits per heavy atom. The van der Waals surface area contributed by atoms with E-state index in [0.717, 1.165) is 0 Å². The summed E-state index contributed by atoms with van der Waals surface area (Å²) < 4.78 is 0. The van der Waals surface area contributed by atoms with Gasteiger partial charge in [0, 0.05) is 16.2 Å². The van der Waals surface area contributed by atoms with Crippen molar-refractivity contribution in [3.05, 3.63) is 76.7 Å². The first-order valence-corrected chi connectivity index (χ1v) is 6.77. The minimum absolute atomic E-state index is 0.145. The molecule has 0 fully saturated rings. The lowest BCUT2D eigenvalue weighted by Gasteiger charge is -2.23. The second-order valence-corrected chi connectivity index (χ2v) is 4.76. The van der Waals surface area contributed by atoms with E-state index in [1.807, 2.05) is 0 Å². The lowest BCUT2D eigenvalue weighted by molar-refractivity contribution is -0.128. The second kappa shape index (κ2) is 7.22.